The lowest BCUT2D eigenvalue weighted by Gasteiger charge is -2.45. The first-order valence-electron chi connectivity index (χ1n) is 8.52. The van der Waals surface area contributed by atoms with E-state index in [2.05, 4.69) is 5.32 Å². The Hall–Kier alpha value is -2.98. The van der Waals surface area contributed by atoms with Crippen LogP contribution in [-0.4, -0.2) is 41.0 Å². The molecule has 0 bridgehead atoms. The summed E-state index contributed by atoms with van der Waals surface area (Å²) in [5.74, 6) is -3.68. The van der Waals surface area contributed by atoms with Crippen LogP contribution in [0.4, 0.5) is 18.0 Å². The van der Waals surface area contributed by atoms with Crippen molar-refractivity contribution >= 4 is 23.4 Å². The molecule has 30 heavy (non-hydrogen) atoms. The minimum atomic E-state index is -5.38. The predicted molar refractivity (Wildman–Crippen MR) is 99.3 cm³/mol. The third-order valence-corrected chi connectivity index (χ3v) is 5.03. The predicted octanol–water partition coefficient (Wildman–Crippen LogP) is 3.16. The van der Waals surface area contributed by atoms with Crippen molar-refractivity contribution in [3.8, 4) is 11.5 Å². The molecule has 2 aromatic carbocycles. The van der Waals surface area contributed by atoms with Gasteiger partial charge in [-0.15, -0.1) is 0 Å². The molecular weight excluding hydrogens is 429 g/mol. The van der Waals surface area contributed by atoms with Gasteiger partial charge in [-0.25, -0.2) is 4.79 Å². The van der Waals surface area contributed by atoms with E-state index in [1.54, 1.807) is 0 Å². The minimum absolute atomic E-state index is 0.00879. The number of carbonyl (C=O) groups is 2. The number of urea groups is 1. The normalized spacial score (nSPS) is 24.0. The second kappa shape index (κ2) is 7.69. The molecule has 0 radical (unpaired) electrons. The molecule has 0 aromatic heterocycles. The lowest BCUT2D eigenvalue weighted by molar-refractivity contribution is -0.287. The van der Waals surface area contributed by atoms with Crippen LogP contribution >= 0.6 is 11.6 Å². The van der Waals surface area contributed by atoms with Crippen LogP contribution in [0.15, 0.2) is 42.5 Å². The van der Waals surface area contributed by atoms with Gasteiger partial charge in [0.2, 0.25) is 5.72 Å². The van der Waals surface area contributed by atoms with Crippen LogP contribution < -0.4 is 15.4 Å². The van der Waals surface area contributed by atoms with Crippen LogP contribution in [0.3, 0.4) is 0 Å². The highest BCUT2D eigenvalue weighted by Gasteiger charge is 2.66. The van der Waals surface area contributed by atoms with Gasteiger partial charge in [0.15, 0.2) is 17.3 Å². The molecule has 0 saturated carbocycles. The number of methoxy groups -OCH3 is 1. The molecule has 2 aromatic rings. The van der Waals surface area contributed by atoms with Gasteiger partial charge in [0.25, 0.3) is 0 Å². The van der Waals surface area contributed by atoms with Crippen molar-refractivity contribution in [3.63, 3.8) is 0 Å². The lowest BCUT2D eigenvalue weighted by atomic mass is 9.77. The second-order valence-corrected chi connectivity index (χ2v) is 7.06. The smallest absolute Gasteiger partial charge is 0.437 e. The quantitative estimate of drug-likeness (QED) is 0.542. The van der Waals surface area contributed by atoms with Crippen LogP contribution in [0.2, 0.25) is 5.02 Å². The molecule has 1 fully saturated rings. The number of benzene rings is 2. The number of ketones is 1. The van der Waals surface area contributed by atoms with Crippen molar-refractivity contribution in [2.75, 3.05) is 7.11 Å². The Labute approximate surface area is 173 Å². The third-order valence-electron chi connectivity index (χ3n) is 4.78. The maximum Gasteiger partial charge on any atom is 0.437 e. The monoisotopic (exact) mass is 444 g/mol. The number of aliphatic hydroxyl groups is 1. The molecule has 1 heterocycles. The summed E-state index contributed by atoms with van der Waals surface area (Å²) in [4.78, 5) is 25.1. The summed E-state index contributed by atoms with van der Waals surface area (Å²) >= 11 is 5.78. The number of rotatable bonds is 4. The van der Waals surface area contributed by atoms with E-state index >= 15 is 0 Å². The molecule has 1 saturated heterocycles. The number of Topliss-reactive ketones (excluding diaryl/α,β-unsaturated/α-hetero) is 1. The number of carbonyl (C=O) groups excluding carboxylic acids is 2. The summed E-state index contributed by atoms with van der Waals surface area (Å²) in [5.41, 5.74) is -4.00. The molecular formula is C19H16ClF3N2O5. The highest BCUT2D eigenvalue weighted by atomic mass is 35.5. The molecule has 2 amide bonds. The number of hydrogen-bond donors (Lipinski definition) is 4. The zero-order valence-electron chi connectivity index (χ0n) is 15.3. The zero-order chi connectivity index (χ0) is 22.3. The highest BCUT2D eigenvalue weighted by Crippen LogP contribution is 2.45. The van der Waals surface area contributed by atoms with E-state index in [4.69, 9.17) is 16.3 Å². The van der Waals surface area contributed by atoms with Gasteiger partial charge in [-0.2, -0.15) is 13.2 Å². The van der Waals surface area contributed by atoms with Gasteiger partial charge in [0.1, 0.15) is 5.92 Å². The number of phenols is 1. The average Bonchev–Trinajstić information content (AvgIpc) is 2.67. The second-order valence-electron chi connectivity index (χ2n) is 6.62. The Morgan fingerprint density at radius 2 is 1.83 bits per heavy atom. The van der Waals surface area contributed by atoms with Gasteiger partial charge in [-0.1, -0.05) is 17.7 Å². The average molecular weight is 445 g/mol. The van der Waals surface area contributed by atoms with Gasteiger partial charge in [-0.05, 0) is 42.0 Å². The molecule has 3 rings (SSSR count). The standard InChI is InChI=1S/C19H16ClF3N2O5/c1-30-13-8-10(4-7-12(13)26)15-14(16(27)9-2-5-11(20)6-3-9)18(29,19(21,22)23)25-17(28)24-15/h2-8,14-15,26,29H,1H3,(H2,24,25,28)/t14-,15-,18-/m0/s1. The van der Waals surface area contributed by atoms with Crippen molar-refractivity contribution in [1.29, 1.82) is 0 Å². The Bertz CT molecular complexity index is 983. The number of phenolic OH excluding ortho intramolecular Hbond substituents is 1. The van der Waals surface area contributed by atoms with E-state index in [0.717, 1.165) is 6.07 Å². The minimum Gasteiger partial charge on any atom is -0.504 e. The first kappa shape index (κ1) is 21.7. The van der Waals surface area contributed by atoms with Gasteiger partial charge >= 0.3 is 12.2 Å². The molecule has 3 atom stereocenters. The Balaban J connectivity index is 2.18. The molecule has 160 valence electrons. The maximum atomic E-state index is 13.9. The first-order chi connectivity index (χ1) is 14.0. The summed E-state index contributed by atoms with van der Waals surface area (Å²) in [5, 5.41) is 24.2. The van der Waals surface area contributed by atoms with Crippen LogP contribution in [0.25, 0.3) is 0 Å². The third kappa shape index (κ3) is 3.75. The van der Waals surface area contributed by atoms with Crippen molar-refractivity contribution in [2.24, 2.45) is 5.92 Å². The Kier molecular flexibility index (Phi) is 5.57. The topological polar surface area (TPSA) is 108 Å². The van der Waals surface area contributed by atoms with Crippen molar-refractivity contribution in [1.82, 2.24) is 10.6 Å². The fraction of sp³-hybridized carbons (Fsp3) is 0.263. The van der Waals surface area contributed by atoms with Crippen LogP contribution in [-0.2, 0) is 0 Å². The van der Waals surface area contributed by atoms with E-state index < -0.39 is 35.7 Å². The number of aromatic hydroxyl groups is 1. The molecule has 0 aliphatic carbocycles. The van der Waals surface area contributed by atoms with Crippen molar-refractivity contribution in [3.05, 3.63) is 58.6 Å². The lowest BCUT2D eigenvalue weighted by Crippen LogP contribution is -2.72. The molecule has 11 heteroatoms. The molecule has 0 spiro atoms. The van der Waals surface area contributed by atoms with Gasteiger partial charge in [0.05, 0.1) is 13.2 Å². The van der Waals surface area contributed by atoms with E-state index in [9.17, 15) is 33.0 Å². The molecule has 4 N–H and O–H groups in total. The van der Waals surface area contributed by atoms with Gasteiger partial charge < -0.3 is 25.6 Å². The van der Waals surface area contributed by atoms with Crippen molar-refractivity contribution < 1.29 is 37.7 Å². The Morgan fingerprint density at radius 1 is 1.20 bits per heavy atom. The van der Waals surface area contributed by atoms with E-state index in [-0.39, 0.29) is 27.6 Å². The molecule has 7 nitrogen and oxygen atoms in total. The summed E-state index contributed by atoms with van der Waals surface area (Å²) in [6, 6.07) is 5.66. The number of nitrogens with one attached hydrogen (secondary N) is 2. The van der Waals surface area contributed by atoms with Crippen molar-refractivity contribution in [2.45, 2.75) is 17.9 Å². The fourth-order valence-corrected chi connectivity index (χ4v) is 3.42. The fourth-order valence-electron chi connectivity index (χ4n) is 3.30. The number of hydrogen-bond acceptors (Lipinski definition) is 5. The molecule has 0 unspecified atom stereocenters. The SMILES string of the molecule is COc1cc([C@@H]2NC(=O)N[C@@](O)(C(F)(F)F)[C@@H]2C(=O)c2ccc(Cl)cc2)ccc1O. The Morgan fingerprint density at radius 3 is 2.40 bits per heavy atom. The van der Waals surface area contributed by atoms with Crippen LogP contribution in [0.5, 0.6) is 11.5 Å². The highest BCUT2D eigenvalue weighted by molar-refractivity contribution is 6.30. The summed E-state index contributed by atoms with van der Waals surface area (Å²) < 4.78 is 46.5. The summed E-state index contributed by atoms with van der Waals surface area (Å²) in [6.07, 6.45) is -5.38. The van der Waals surface area contributed by atoms with E-state index in [0.29, 0.717) is 0 Å². The summed E-state index contributed by atoms with van der Waals surface area (Å²) in [7, 11) is 1.22. The van der Waals surface area contributed by atoms with Gasteiger partial charge in [-0.3, -0.25) is 4.79 Å². The largest absolute Gasteiger partial charge is 0.504 e. The maximum absolute atomic E-state index is 13.9. The number of ether oxygens (including phenoxy) is 1. The zero-order valence-corrected chi connectivity index (χ0v) is 16.1. The van der Waals surface area contributed by atoms with Gasteiger partial charge in [0, 0.05) is 10.6 Å². The molecule has 1 aliphatic rings. The molecule has 1 aliphatic heterocycles. The summed E-state index contributed by atoms with van der Waals surface area (Å²) in [6.45, 7) is 0. The van der Waals surface area contributed by atoms with E-state index in [1.807, 2.05) is 0 Å². The number of amides is 2. The number of halogens is 4. The van der Waals surface area contributed by atoms with Crippen LogP contribution in [0.1, 0.15) is 22.0 Å². The number of alkyl halides is 3. The van der Waals surface area contributed by atoms with Crippen LogP contribution in [0, 0.1) is 5.92 Å². The first-order valence-corrected chi connectivity index (χ1v) is 8.90. The van der Waals surface area contributed by atoms with E-state index in [1.165, 1.54) is 48.8 Å².